The van der Waals surface area contributed by atoms with Gasteiger partial charge >= 0.3 is 0 Å². The molecule has 20 heavy (non-hydrogen) atoms. The van der Waals surface area contributed by atoms with E-state index in [0.717, 1.165) is 6.07 Å². The predicted molar refractivity (Wildman–Crippen MR) is 76.8 cm³/mol. The highest BCUT2D eigenvalue weighted by Gasteiger charge is 2.11. The summed E-state index contributed by atoms with van der Waals surface area (Å²) in [7, 11) is 1.48. The number of carbonyl (C=O) groups excluding carboxylic acids is 1. The Kier molecular flexibility index (Phi) is 4.10. The van der Waals surface area contributed by atoms with E-state index in [1.54, 1.807) is 18.2 Å². The van der Waals surface area contributed by atoms with Crippen LogP contribution in [0.2, 0.25) is 5.02 Å². The molecule has 0 spiro atoms. The molecular formula is C14H12ClFN2O2. The fourth-order valence-electron chi connectivity index (χ4n) is 1.66. The van der Waals surface area contributed by atoms with Crippen LogP contribution >= 0.6 is 11.6 Å². The van der Waals surface area contributed by atoms with E-state index in [1.807, 2.05) is 0 Å². The second-order valence-corrected chi connectivity index (χ2v) is 4.47. The van der Waals surface area contributed by atoms with Crippen molar-refractivity contribution in [2.75, 3.05) is 18.2 Å². The number of nitrogens with two attached hydrogens (primary N) is 1. The minimum absolute atomic E-state index is 0.0873. The maximum Gasteiger partial charge on any atom is 0.255 e. The SMILES string of the molecule is COc1ccc(Cl)cc1NC(=O)c1ccc(F)c(N)c1. The second kappa shape index (κ2) is 5.79. The van der Waals surface area contributed by atoms with Gasteiger partial charge in [-0.25, -0.2) is 4.39 Å². The van der Waals surface area contributed by atoms with Gasteiger partial charge in [-0.3, -0.25) is 4.79 Å². The molecule has 1 amide bonds. The standard InChI is InChI=1S/C14H12ClFN2O2/c1-20-13-5-3-9(15)7-12(13)18-14(19)8-2-4-10(16)11(17)6-8/h2-7H,17H2,1H3,(H,18,19). The number of nitrogens with one attached hydrogen (secondary N) is 1. The molecule has 0 aliphatic heterocycles. The second-order valence-electron chi connectivity index (χ2n) is 4.04. The van der Waals surface area contributed by atoms with Crippen LogP contribution in [0.5, 0.6) is 5.75 Å². The minimum atomic E-state index is -0.568. The minimum Gasteiger partial charge on any atom is -0.495 e. The molecule has 0 unspecified atom stereocenters. The Balaban J connectivity index is 2.27. The molecule has 0 bridgehead atoms. The predicted octanol–water partition coefficient (Wildman–Crippen LogP) is 3.32. The summed E-state index contributed by atoms with van der Waals surface area (Å²) in [6, 6.07) is 8.59. The smallest absolute Gasteiger partial charge is 0.255 e. The molecule has 6 heteroatoms. The van der Waals surface area contributed by atoms with E-state index in [9.17, 15) is 9.18 Å². The Bertz CT molecular complexity index is 662. The molecule has 0 aromatic heterocycles. The highest BCUT2D eigenvalue weighted by atomic mass is 35.5. The van der Waals surface area contributed by atoms with Gasteiger partial charge in [-0.15, -0.1) is 0 Å². The third kappa shape index (κ3) is 3.00. The largest absolute Gasteiger partial charge is 0.495 e. The number of hydrogen-bond acceptors (Lipinski definition) is 3. The van der Waals surface area contributed by atoms with Gasteiger partial charge in [0.05, 0.1) is 18.5 Å². The molecule has 0 aliphatic rings. The molecule has 0 atom stereocenters. The molecule has 0 saturated heterocycles. The first-order valence-electron chi connectivity index (χ1n) is 5.71. The Hall–Kier alpha value is -2.27. The number of methoxy groups -OCH3 is 1. The van der Waals surface area contributed by atoms with Gasteiger partial charge in [0, 0.05) is 10.6 Å². The molecule has 0 heterocycles. The van der Waals surface area contributed by atoms with Crippen LogP contribution < -0.4 is 15.8 Å². The topological polar surface area (TPSA) is 64.3 Å². The molecule has 0 saturated carbocycles. The first-order chi connectivity index (χ1) is 9.51. The van der Waals surface area contributed by atoms with E-state index >= 15 is 0 Å². The monoisotopic (exact) mass is 294 g/mol. The molecule has 2 aromatic carbocycles. The molecule has 3 N–H and O–H groups in total. The number of halogens is 2. The zero-order chi connectivity index (χ0) is 14.7. The fraction of sp³-hybridized carbons (Fsp3) is 0.0714. The lowest BCUT2D eigenvalue weighted by molar-refractivity contribution is 0.102. The van der Waals surface area contributed by atoms with Crippen LogP contribution in [0.4, 0.5) is 15.8 Å². The summed E-state index contributed by atoms with van der Waals surface area (Å²) >= 11 is 5.87. The number of carbonyl (C=O) groups is 1. The average molecular weight is 295 g/mol. The fourth-order valence-corrected chi connectivity index (χ4v) is 1.83. The number of anilines is 2. The zero-order valence-electron chi connectivity index (χ0n) is 10.6. The highest BCUT2D eigenvalue weighted by molar-refractivity contribution is 6.31. The molecule has 4 nitrogen and oxygen atoms in total. The quantitative estimate of drug-likeness (QED) is 0.854. The van der Waals surface area contributed by atoms with Crippen molar-refractivity contribution in [3.05, 3.63) is 52.8 Å². The average Bonchev–Trinajstić information content (AvgIpc) is 2.42. The number of rotatable bonds is 3. The lowest BCUT2D eigenvalue weighted by atomic mass is 10.1. The van der Waals surface area contributed by atoms with Gasteiger partial charge in [0.25, 0.3) is 5.91 Å². The van der Waals surface area contributed by atoms with E-state index in [-0.39, 0.29) is 11.3 Å². The lowest BCUT2D eigenvalue weighted by Gasteiger charge is -2.11. The maximum atomic E-state index is 13.1. The van der Waals surface area contributed by atoms with Gasteiger partial charge in [0.1, 0.15) is 11.6 Å². The number of ether oxygens (including phenoxy) is 1. The first kappa shape index (κ1) is 14.1. The Labute approximate surface area is 120 Å². The number of amides is 1. The molecule has 2 rings (SSSR count). The van der Waals surface area contributed by atoms with Crippen molar-refractivity contribution in [2.45, 2.75) is 0 Å². The summed E-state index contributed by atoms with van der Waals surface area (Å²) in [5.74, 6) is -0.531. The van der Waals surface area contributed by atoms with E-state index < -0.39 is 11.7 Å². The van der Waals surface area contributed by atoms with Crippen molar-refractivity contribution in [3.63, 3.8) is 0 Å². The first-order valence-corrected chi connectivity index (χ1v) is 6.09. The van der Waals surface area contributed by atoms with Crippen LogP contribution in [0, 0.1) is 5.82 Å². The Morgan fingerprint density at radius 3 is 2.70 bits per heavy atom. The Morgan fingerprint density at radius 1 is 1.30 bits per heavy atom. The van der Waals surface area contributed by atoms with Crippen LogP contribution in [0.3, 0.4) is 0 Å². The summed E-state index contributed by atoms with van der Waals surface area (Å²) in [5.41, 5.74) is 6.01. The van der Waals surface area contributed by atoms with Crippen LogP contribution in [0.25, 0.3) is 0 Å². The molecular weight excluding hydrogens is 283 g/mol. The van der Waals surface area contributed by atoms with Gasteiger partial charge in [0.2, 0.25) is 0 Å². The summed E-state index contributed by atoms with van der Waals surface area (Å²) in [6.45, 7) is 0. The number of hydrogen-bond donors (Lipinski definition) is 2. The third-order valence-electron chi connectivity index (χ3n) is 2.67. The number of benzene rings is 2. The molecule has 0 radical (unpaired) electrons. The summed E-state index contributed by atoms with van der Waals surface area (Å²) < 4.78 is 18.2. The van der Waals surface area contributed by atoms with Crippen molar-refractivity contribution in [2.24, 2.45) is 0 Å². The summed E-state index contributed by atoms with van der Waals surface area (Å²) in [4.78, 5) is 12.1. The van der Waals surface area contributed by atoms with Gasteiger partial charge in [-0.2, -0.15) is 0 Å². The maximum absolute atomic E-state index is 13.1. The van der Waals surface area contributed by atoms with Crippen molar-refractivity contribution in [1.82, 2.24) is 0 Å². The molecule has 2 aromatic rings. The van der Waals surface area contributed by atoms with Gasteiger partial charge in [0.15, 0.2) is 0 Å². The van der Waals surface area contributed by atoms with Crippen LogP contribution in [-0.4, -0.2) is 13.0 Å². The third-order valence-corrected chi connectivity index (χ3v) is 2.90. The summed E-state index contributed by atoms with van der Waals surface area (Å²) in [6.07, 6.45) is 0. The van der Waals surface area contributed by atoms with E-state index in [0.29, 0.717) is 16.5 Å². The summed E-state index contributed by atoms with van der Waals surface area (Å²) in [5, 5.41) is 3.10. The van der Waals surface area contributed by atoms with E-state index in [2.05, 4.69) is 5.32 Å². The molecule has 104 valence electrons. The van der Waals surface area contributed by atoms with Gasteiger partial charge in [-0.05, 0) is 36.4 Å². The van der Waals surface area contributed by atoms with E-state index in [4.69, 9.17) is 22.1 Å². The molecule has 0 aliphatic carbocycles. The van der Waals surface area contributed by atoms with Crippen molar-refractivity contribution in [1.29, 1.82) is 0 Å². The highest BCUT2D eigenvalue weighted by Crippen LogP contribution is 2.28. The van der Waals surface area contributed by atoms with Crippen LogP contribution in [-0.2, 0) is 0 Å². The lowest BCUT2D eigenvalue weighted by Crippen LogP contribution is -2.13. The zero-order valence-corrected chi connectivity index (χ0v) is 11.4. The number of nitrogen functional groups attached to an aromatic ring is 1. The normalized spacial score (nSPS) is 10.2. The van der Waals surface area contributed by atoms with Gasteiger partial charge < -0.3 is 15.8 Å². The van der Waals surface area contributed by atoms with Crippen LogP contribution in [0.1, 0.15) is 10.4 Å². The van der Waals surface area contributed by atoms with Crippen LogP contribution in [0.15, 0.2) is 36.4 Å². The van der Waals surface area contributed by atoms with Gasteiger partial charge in [-0.1, -0.05) is 11.6 Å². The molecule has 0 fully saturated rings. The van der Waals surface area contributed by atoms with Crippen molar-refractivity contribution < 1.29 is 13.9 Å². The van der Waals surface area contributed by atoms with Crippen molar-refractivity contribution in [3.8, 4) is 5.75 Å². The Morgan fingerprint density at radius 2 is 2.05 bits per heavy atom. The van der Waals surface area contributed by atoms with Crippen molar-refractivity contribution >= 4 is 28.9 Å². The van der Waals surface area contributed by atoms with E-state index in [1.165, 1.54) is 19.2 Å².